The number of rotatable bonds is 6. The second-order valence-electron chi connectivity index (χ2n) is 5.50. The first-order valence-corrected chi connectivity index (χ1v) is 7.89. The van der Waals surface area contributed by atoms with E-state index in [1.807, 2.05) is 49.2 Å². The lowest BCUT2D eigenvalue weighted by atomic mass is 10.1. The summed E-state index contributed by atoms with van der Waals surface area (Å²) in [6.45, 7) is 5.32. The van der Waals surface area contributed by atoms with Gasteiger partial charge in [-0.25, -0.2) is 0 Å². The standard InChI is InChI=1S/C18H21N5O/c1-13-14(2)20-12-16(18(13)19-3)17-6-5-15(11-21-17)24-10-9-23-8-4-7-22-23/h4-8,11-12H,9-10H2,1-3H3,(H,19,20). The van der Waals surface area contributed by atoms with Gasteiger partial charge in [-0.05, 0) is 37.6 Å². The van der Waals surface area contributed by atoms with Crippen molar-refractivity contribution in [3.8, 4) is 17.0 Å². The number of anilines is 1. The van der Waals surface area contributed by atoms with E-state index in [1.165, 1.54) is 0 Å². The van der Waals surface area contributed by atoms with E-state index in [-0.39, 0.29) is 0 Å². The summed E-state index contributed by atoms with van der Waals surface area (Å²) in [6.07, 6.45) is 7.27. The third-order valence-electron chi connectivity index (χ3n) is 3.98. The lowest BCUT2D eigenvalue weighted by molar-refractivity contribution is 0.290. The Morgan fingerprint density at radius 1 is 1.17 bits per heavy atom. The van der Waals surface area contributed by atoms with Gasteiger partial charge in [-0.15, -0.1) is 0 Å². The van der Waals surface area contributed by atoms with Gasteiger partial charge in [-0.1, -0.05) is 0 Å². The van der Waals surface area contributed by atoms with Crippen LogP contribution in [0.4, 0.5) is 5.69 Å². The molecule has 124 valence electrons. The van der Waals surface area contributed by atoms with Crippen molar-refractivity contribution in [3.63, 3.8) is 0 Å². The maximum Gasteiger partial charge on any atom is 0.137 e. The van der Waals surface area contributed by atoms with Crippen LogP contribution in [0, 0.1) is 13.8 Å². The van der Waals surface area contributed by atoms with Crippen molar-refractivity contribution < 1.29 is 4.74 Å². The zero-order valence-electron chi connectivity index (χ0n) is 14.2. The van der Waals surface area contributed by atoms with E-state index in [4.69, 9.17) is 4.74 Å². The Morgan fingerprint density at radius 3 is 2.71 bits per heavy atom. The summed E-state index contributed by atoms with van der Waals surface area (Å²) in [6, 6.07) is 5.78. The maximum atomic E-state index is 5.72. The minimum atomic E-state index is 0.551. The molecule has 0 bridgehead atoms. The number of nitrogens with one attached hydrogen (secondary N) is 1. The highest BCUT2D eigenvalue weighted by molar-refractivity contribution is 5.77. The summed E-state index contributed by atoms with van der Waals surface area (Å²) in [5.41, 5.74) is 5.07. The fourth-order valence-electron chi connectivity index (χ4n) is 2.54. The van der Waals surface area contributed by atoms with E-state index in [9.17, 15) is 0 Å². The molecule has 0 fully saturated rings. The van der Waals surface area contributed by atoms with Crippen molar-refractivity contribution in [2.24, 2.45) is 0 Å². The highest BCUT2D eigenvalue weighted by atomic mass is 16.5. The Kier molecular flexibility index (Phi) is 4.74. The molecule has 0 atom stereocenters. The quantitative estimate of drug-likeness (QED) is 0.755. The van der Waals surface area contributed by atoms with Crippen molar-refractivity contribution in [2.45, 2.75) is 20.4 Å². The van der Waals surface area contributed by atoms with Gasteiger partial charge >= 0.3 is 0 Å². The van der Waals surface area contributed by atoms with Gasteiger partial charge in [-0.2, -0.15) is 5.10 Å². The summed E-state index contributed by atoms with van der Waals surface area (Å²) in [7, 11) is 1.91. The molecule has 24 heavy (non-hydrogen) atoms. The van der Waals surface area contributed by atoms with Crippen LogP contribution in [0.15, 0.2) is 43.0 Å². The largest absolute Gasteiger partial charge is 0.490 e. The van der Waals surface area contributed by atoms with Crippen LogP contribution >= 0.6 is 0 Å². The Hall–Kier alpha value is -2.89. The van der Waals surface area contributed by atoms with Gasteiger partial charge in [0, 0.05) is 42.6 Å². The molecule has 0 unspecified atom stereocenters. The van der Waals surface area contributed by atoms with Gasteiger partial charge in [0.1, 0.15) is 12.4 Å². The predicted molar refractivity (Wildman–Crippen MR) is 94.2 cm³/mol. The molecule has 0 spiro atoms. The average molecular weight is 323 g/mol. The van der Waals surface area contributed by atoms with Gasteiger partial charge in [0.2, 0.25) is 0 Å². The van der Waals surface area contributed by atoms with E-state index >= 15 is 0 Å². The van der Waals surface area contributed by atoms with Crippen LogP contribution in [-0.2, 0) is 6.54 Å². The Balaban J connectivity index is 1.71. The molecule has 3 heterocycles. The number of ether oxygens (including phenoxy) is 1. The zero-order chi connectivity index (χ0) is 16.9. The maximum absolute atomic E-state index is 5.72. The molecule has 6 heteroatoms. The van der Waals surface area contributed by atoms with E-state index in [0.29, 0.717) is 13.2 Å². The monoisotopic (exact) mass is 323 g/mol. The van der Waals surface area contributed by atoms with E-state index in [1.54, 1.807) is 12.4 Å². The third kappa shape index (κ3) is 3.37. The molecule has 0 saturated carbocycles. The van der Waals surface area contributed by atoms with Gasteiger partial charge < -0.3 is 10.1 Å². The number of hydrogen-bond donors (Lipinski definition) is 1. The van der Waals surface area contributed by atoms with E-state index in [2.05, 4.69) is 27.3 Å². The SMILES string of the molecule is CNc1c(-c2ccc(OCCn3cccn3)cn2)cnc(C)c1C. The second kappa shape index (κ2) is 7.12. The summed E-state index contributed by atoms with van der Waals surface area (Å²) in [5.74, 6) is 0.744. The molecule has 0 saturated heterocycles. The predicted octanol–water partition coefficient (Wildman–Crippen LogP) is 3.08. The molecule has 0 aromatic carbocycles. The van der Waals surface area contributed by atoms with Crippen LogP contribution in [0.25, 0.3) is 11.3 Å². The van der Waals surface area contributed by atoms with Crippen molar-refractivity contribution in [1.29, 1.82) is 0 Å². The molecular formula is C18H21N5O. The highest BCUT2D eigenvalue weighted by Crippen LogP contribution is 2.30. The number of nitrogens with zero attached hydrogens (tertiary/aromatic N) is 4. The minimum absolute atomic E-state index is 0.551. The third-order valence-corrected chi connectivity index (χ3v) is 3.98. The number of aryl methyl sites for hydroxylation is 1. The first kappa shape index (κ1) is 16.0. The van der Waals surface area contributed by atoms with Crippen LogP contribution in [-0.4, -0.2) is 33.4 Å². The first-order chi connectivity index (χ1) is 11.7. The lowest BCUT2D eigenvalue weighted by Crippen LogP contribution is -2.08. The van der Waals surface area contributed by atoms with Crippen LogP contribution in [0.3, 0.4) is 0 Å². The Bertz CT molecular complexity index is 797. The normalized spacial score (nSPS) is 10.6. The molecule has 0 aliphatic rings. The zero-order valence-corrected chi connectivity index (χ0v) is 14.2. The number of aromatic nitrogens is 4. The van der Waals surface area contributed by atoms with Gasteiger partial charge in [0.05, 0.1) is 18.4 Å². The summed E-state index contributed by atoms with van der Waals surface area (Å²) >= 11 is 0. The molecule has 0 radical (unpaired) electrons. The highest BCUT2D eigenvalue weighted by Gasteiger charge is 2.11. The van der Waals surface area contributed by atoms with Gasteiger partial charge in [0.15, 0.2) is 0 Å². The Labute approximate surface area is 141 Å². The first-order valence-electron chi connectivity index (χ1n) is 7.89. The molecular weight excluding hydrogens is 302 g/mol. The number of hydrogen-bond acceptors (Lipinski definition) is 5. The molecule has 3 rings (SSSR count). The van der Waals surface area contributed by atoms with E-state index < -0.39 is 0 Å². The smallest absolute Gasteiger partial charge is 0.137 e. The summed E-state index contributed by atoms with van der Waals surface area (Å²) in [5, 5.41) is 7.39. The average Bonchev–Trinajstić information content (AvgIpc) is 3.11. The van der Waals surface area contributed by atoms with Crippen molar-refractivity contribution in [2.75, 3.05) is 19.0 Å². The van der Waals surface area contributed by atoms with E-state index in [0.717, 1.165) is 34.0 Å². The van der Waals surface area contributed by atoms with Crippen LogP contribution in [0.1, 0.15) is 11.3 Å². The van der Waals surface area contributed by atoms with Crippen LogP contribution < -0.4 is 10.1 Å². The number of pyridine rings is 2. The van der Waals surface area contributed by atoms with Crippen molar-refractivity contribution >= 4 is 5.69 Å². The van der Waals surface area contributed by atoms with Gasteiger partial charge in [0.25, 0.3) is 0 Å². The molecule has 0 amide bonds. The summed E-state index contributed by atoms with van der Waals surface area (Å²) < 4.78 is 7.55. The summed E-state index contributed by atoms with van der Waals surface area (Å²) in [4.78, 5) is 8.96. The fraction of sp³-hybridized carbons (Fsp3) is 0.278. The lowest BCUT2D eigenvalue weighted by Gasteiger charge is -2.13. The molecule has 0 aliphatic carbocycles. The molecule has 6 nitrogen and oxygen atoms in total. The topological polar surface area (TPSA) is 64.9 Å². The minimum Gasteiger partial charge on any atom is -0.490 e. The molecule has 3 aromatic heterocycles. The van der Waals surface area contributed by atoms with Crippen molar-refractivity contribution in [3.05, 3.63) is 54.2 Å². The molecule has 0 aliphatic heterocycles. The molecule has 1 N–H and O–H groups in total. The van der Waals surface area contributed by atoms with Gasteiger partial charge in [-0.3, -0.25) is 14.6 Å². The fourth-order valence-corrected chi connectivity index (χ4v) is 2.54. The Morgan fingerprint density at radius 2 is 2.04 bits per heavy atom. The van der Waals surface area contributed by atoms with Crippen LogP contribution in [0.5, 0.6) is 5.75 Å². The molecule has 3 aromatic rings. The van der Waals surface area contributed by atoms with Crippen molar-refractivity contribution in [1.82, 2.24) is 19.7 Å². The second-order valence-corrected chi connectivity index (χ2v) is 5.50. The van der Waals surface area contributed by atoms with Crippen LogP contribution in [0.2, 0.25) is 0 Å².